The minimum atomic E-state index is -0.811. The van der Waals surface area contributed by atoms with E-state index in [4.69, 9.17) is 0 Å². The van der Waals surface area contributed by atoms with Crippen LogP contribution in [0.1, 0.15) is 55.0 Å². The van der Waals surface area contributed by atoms with Gasteiger partial charge in [-0.2, -0.15) is 0 Å². The summed E-state index contributed by atoms with van der Waals surface area (Å²) in [5.41, 5.74) is 3.91. The molecular weight excluding hydrogens is 542 g/mol. The molecule has 2 aliphatic heterocycles. The number of benzene rings is 3. The fourth-order valence-corrected chi connectivity index (χ4v) is 5.96. The normalized spacial score (nSPS) is 19.7. The van der Waals surface area contributed by atoms with Gasteiger partial charge in [0, 0.05) is 19.5 Å². The number of piperazine rings is 1. The molecule has 2 N–H and O–H groups in total. The maximum atomic E-state index is 14.3. The van der Waals surface area contributed by atoms with Crippen molar-refractivity contribution in [3.8, 4) is 5.75 Å². The van der Waals surface area contributed by atoms with Crippen molar-refractivity contribution < 1.29 is 19.5 Å². The monoisotopic (exact) mass is 583 g/mol. The van der Waals surface area contributed by atoms with E-state index in [1.54, 1.807) is 39.1 Å². The number of hydrazine groups is 1. The minimum Gasteiger partial charge on any atom is -0.508 e. The molecule has 5 rings (SSSR count). The molecule has 0 saturated carbocycles. The number of hydrogen-bond donors (Lipinski definition) is 2. The number of nitrogens with one attached hydrogen (secondary N) is 1. The summed E-state index contributed by atoms with van der Waals surface area (Å²) in [6, 6.07) is 23.2. The highest BCUT2D eigenvalue weighted by molar-refractivity contribution is 5.92. The van der Waals surface area contributed by atoms with Gasteiger partial charge in [0.05, 0.1) is 19.1 Å². The van der Waals surface area contributed by atoms with E-state index in [-0.39, 0.29) is 49.1 Å². The Hall–Kier alpha value is -4.37. The first kappa shape index (κ1) is 30.1. The van der Waals surface area contributed by atoms with Crippen LogP contribution in [0.15, 0.2) is 78.9 Å². The van der Waals surface area contributed by atoms with Gasteiger partial charge < -0.3 is 20.2 Å². The zero-order valence-corrected chi connectivity index (χ0v) is 25.1. The Kier molecular flexibility index (Phi) is 9.31. The predicted molar refractivity (Wildman–Crippen MR) is 165 cm³/mol. The molecule has 226 valence electrons. The van der Waals surface area contributed by atoms with Gasteiger partial charge in [-0.3, -0.25) is 9.59 Å². The van der Waals surface area contributed by atoms with Crippen molar-refractivity contribution in [2.45, 2.75) is 64.8 Å². The second-order valence-electron chi connectivity index (χ2n) is 11.5. The first-order chi connectivity index (χ1) is 20.8. The molecule has 0 aliphatic carbocycles. The van der Waals surface area contributed by atoms with E-state index in [9.17, 15) is 19.5 Å². The average Bonchev–Trinajstić information content (AvgIpc) is 3.00. The number of carbonyl (C=O) groups excluding carboxylic acids is 3. The van der Waals surface area contributed by atoms with Crippen LogP contribution in [-0.4, -0.2) is 74.6 Å². The van der Waals surface area contributed by atoms with Crippen molar-refractivity contribution in [1.29, 1.82) is 0 Å². The second kappa shape index (κ2) is 13.3. The van der Waals surface area contributed by atoms with Gasteiger partial charge in [0.1, 0.15) is 18.0 Å². The smallest absolute Gasteiger partial charge is 0.333 e. The quantitative estimate of drug-likeness (QED) is 0.359. The molecule has 4 amide bonds. The molecule has 0 spiro atoms. The number of carbonyl (C=O) groups is 3. The van der Waals surface area contributed by atoms with Crippen LogP contribution >= 0.6 is 0 Å². The molecule has 0 radical (unpaired) electrons. The largest absolute Gasteiger partial charge is 0.508 e. The minimum absolute atomic E-state index is 0.0286. The lowest BCUT2D eigenvalue weighted by Crippen LogP contribution is -2.76. The van der Waals surface area contributed by atoms with Gasteiger partial charge in [-0.15, -0.1) is 0 Å². The summed E-state index contributed by atoms with van der Waals surface area (Å²) in [4.78, 5) is 45.6. The Balaban J connectivity index is 1.54. The number of phenolic OH excluding ortho intramolecular Hbond substituents is 1. The van der Waals surface area contributed by atoms with Crippen LogP contribution in [0.25, 0.3) is 0 Å². The highest BCUT2D eigenvalue weighted by Gasteiger charge is 2.52. The maximum Gasteiger partial charge on any atom is 0.333 e. The van der Waals surface area contributed by atoms with E-state index in [0.717, 1.165) is 35.1 Å². The number of phenols is 1. The molecule has 0 bridgehead atoms. The van der Waals surface area contributed by atoms with Crippen LogP contribution in [0.2, 0.25) is 0 Å². The highest BCUT2D eigenvalue weighted by atomic mass is 16.3. The molecule has 2 heterocycles. The lowest BCUT2D eigenvalue weighted by atomic mass is 9.96. The Bertz CT molecular complexity index is 1410. The number of rotatable bonds is 9. The van der Waals surface area contributed by atoms with Crippen molar-refractivity contribution in [2.75, 3.05) is 19.6 Å². The van der Waals surface area contributed by atoms with E-state index in [1.807, 2.05) is 73.5 Å². The van der Waals surface area contributed by atoms with Crippen molar-refractivity contribution in [2.24, 2.45) is 0 Å². The van der Waals surface area contributed by atoms with Crippen molar-refractivity contribution in [3.63, 3.8) is 0 Å². The van der Waals surface area contributed by atoms with Crippen molar-refractivity contribution in [1.82, 2.24) is 25.1 Å². The average molecular weight is 584 g/mol. The summed E-state index contributed by atoms with van der Waals surface area (Å²) in [5.74, 6) is -0.224. The maximum absolute atomic E-state index is 14.3. The second-order valence-corrected chi connectivity index (χ2v) is 11.5. The molecule has 9 heteroatoms. The van der Waals surface area contributed by atoms with Gasteiger partial charge in [0.2, 0.25) is 11.8 Å². The van der Waals surface area contributed by atoms with Gasteiger partial charge in [-0.1, -0.05) is 85.6 Å². The SMILES string of the molecule is CCCCNC(=O)N1[C@H]2CN([C@@H](C)c3ccccc3)C(=O)[C@H](Cc3ccc(O)cc3)N2C(=O)CN1Cc1ccc(C)cc1. The topological polar surface area (TPSA) is 96.4 Å². The fourth-order valence-electron chi connectivity index (χ4n) is 5.96. The van der Waals surface area contributed by atoms with Gasteiger partial charge in [-0.05, 0) is 49.1 Å². The highest BCUT2D eigenvalue weighted by Crippen LogP contribution is 2.33. The predicted octanol–water partition coefficient (Wildman–Crippen LogP) is 4.61. The molecule has 2 saturated heterocycles. The van der Waals surface area contributed by atoms with E-state index < -0.39 is 12.2 Å². The molecule has 3 atom stereocenters. The standard InChI is InChI=1S/C34H41N5O4/c1-4-5-19-35-34(43)39-31-22-37(25(3)28-9-7-6-8-10-28)33(42)30(20-26-15-17-29(40)18-16-26)38(31)32(41)23-36(39)21-27-13-11-24(2)12-14-27/h6-18,25,30-31,40H,4-5,19-23H2,1-3H3,(H,35,43)/t25-,30-,31-/m0/s1. The van der Waals surface area contributed by atoms with E-state index >= 15 is 0 Å². The number of nitrogens with zero attached hydrogens (tertiary/aromatic N) is 4. The molecular formula is C34H41N5O4. The number of urea groups is 1. The zero-order valence-electron chi connectivity index (χ0n) is 25.1. The van der Waals surface area contributed by atoms with Crippen LogP contribution in [-0.2, 0) is 22.6 Å². The fraction of sp³-hybridized carbons (Fsp3) is 0.382. The lowest BCUT2D eigenvalue weighted by molar-refractivity contribution is -0.193. The van der Waals surface area contributed by atoms with Gasteiger partial charge in [0.15, 0.2) is 0 Å². The molecule has 3 aromatic rings. The lowest BCUT2D eigenvalue weighted by Gasteiger charge is -2.56. The molecule has 0 aromatic heterocycles. The van der Waals surface area contributed by atoms with E-state index in [2.05, 4.69) is 12.2 Å². The van der Waals surface area contributed by atoms with E-state index in [1.165, 1.54) is 0 Å². The third-order valence-electron chi connectivity index (χ3n) is 8.39. The number of fused-ring (bicyclic) bond motifs is 1. The number of unbranched alkanes of at least 4 members (excludes halogenated alkanes) is 1. The molecule has 2 fully saturated rings. The third kappa shape index (κ3) is 6.67. The molecule has 9 nitrogen and oxygen atoms in total. The van der Waals surface area contributed by atoms with Crippen LogP contribution in [0, 0.1) is 6.92 Å². The van der Waals surface area contributed by atoms with Crippen molar-refractivity contribution in [3.05, 3.63) is 101 Å². The summed E-state index contributed by atoms with van der Waals surface area (Å²) in [6.45, 7) is 7.13. The van der Waals surface area contributed by atoms with Crippen LogP contribution in [0.5, 0.6) is 5.75 Å². The number of aromatic hydroxyl groups is 1. The number of amides is 4. The summed E-state index contributed by atoms with van der Waals surface area (Å²) >= 11 is 0. The van der Waals surface area contributed by atoms with E-state index in [0.29, 0.717) is 13.1 Å². The Morgan fingerprint density at radius 3 is 2.33 bits per heavy atom. The van der Waals surface area contributed by atoms with Gasteiger partial charge >= 0.3 is 6.03 Å². The van der Waals surface area contributed by atoms with Gasteiger partial charge in [0.25, 0.3) is 0 Å². The van der Waals surface area contributed by atoms with Crippen LogP contribution in [0.3, 0.4) is 0 Å². The number of hydrogen-bond acceptors (Lipinski definition) is 5. The molecule has 3 aromatic carbocycles. The number of aryl methyl sites for hydroxylation is 1. The summed E-state index contributed by atoms with van der Waals surface area (Å²) in [6.07, 6.45) is 1.35. The molecule has 43 heavy (non-hydrogen) atoms. The summed E-state index contributed by atoms with van der Waals surface area (Å²) in [7, 11) is 0. The van der Waals surface area contributed by atoms with Crippen LogP contribution < -0.4 is 5.32 Å². The van der Waals surface area contributed by atoms with Crippen LogP contribution in [0.4, 0.5) is 4.79 Å². The Labute approximate surface area is 253 Å². The first-order valence-corrected chi connectivity index (χ1v) is 15.1. The zero-order chi connectivity index (χ0) is 30.5. The molecule has 2 aliphatic rings. The Morgan fingerprint density at radius 1 is 0.977 bits per heavy atom. The third-order valence-corrected chi connectivity index (χ3v) is 8.39. The molecule has 0 unspecified atom stereocenters. The summed E-state index contributed by atoms with van der Waals surface area (Å²) < 4.78 is 0. The first-order valence-electron chi connectivity index (χ1n) is 15.1. The Morgan fingerprint density at radius 2 is 1.65 bits per heavy atom. The van der Waals surface area contributed by atoms with Crippen molar-refractivity contribution >= 4 is 17.8 Å². The van der Waals surface area contributed by atoms with Gasteiger partial charge in [-0.25, -0.2) is 14.8 Å². The summed E-state index contributed by atoms with van der Waals surface area (Å²) in [5, 5.41) is 16.4.